The van der Waals surface area contributed by atoms with E-state index in [9.17, 15) is 0 Å². The number of fused-ring (bicyclic) bond motifs is 5. The zero-order valence-corrected chi connectivity index (χ0v) is 42.4. The van der Waals surface area contributed by atoms with Crippen LogP contribution in [0.3, 0.4) is 0 Å². The third-order valence-electron chi connectivity index (χ3n) is 15.2. The van der Waals surface area contributed by atoms with E-state index in [1.54, 1.807) is 0 Å². The van der Waals surface area contributed by atoms with Crippen LogP contribution < -0.4 is 19.3 Å². The van der Waals surface area contributed by atoms with Crippen molar-refractivity contribution in [3.8, 4) is 95.6 Å². The SMILES string of the molecule is c1ccc(-c2cc(-c3ccccc3)cc(-c3cccc(-c4cc(-c5ccccc5)cc(-c5ccccc5)c4)c3N3CN4c5cc(Oc6ccc7c8ccccc8n(-c8ccccn8)c7c6)ccc5Oc5cccc3c54)c2)cc1. The minimum Gasteiger partial charge on any atom is -0.457 e. The van der Waals surface area contributed by atoms with Crippen LogP contribution in [0.25, 0.3) is 94.4 Å². The van der Waals surface area contributed by atoms with Gasteiger partial charge >= 0.3 is 0 Å². The molecule has 78 heavy (non-hydrogen) atoms. The molecule has 2 aliphatic rings. The maximum Gasteiger partial charge on any atom is 0.153 e. The van der Waals surface area contributed by atoms with Crippen LogP contribution in [0, 0.1) is 0 Å². The molecule has 368 valence electrons. The monoisotopic (exact) mass is 1000 g/mol. The Morgan fingerprint density at radius 2 is 0.833 bits per heavy atom. The summed E-state index contributed by atoms with van der Waals surface area (Å²) in [6, 6.07) is 97.2. The van der Waals surface area contributed by atoms with Gasteiger partial charge in [0.1, 0.15) is 29.7 Å². The van der Waals surface area contributed by atoms with Crippen LogP contribution in [-0.2, 0) is 0 Å². The standard InChI is InChI=1S/C72H48N4O2/c1-5-19-48(20-6-1)52-39-53(49-21-7-2-8-22-49)42-56(41-52)60-28-17-29-61(57-43-54(50-23-9-3-10-24-50)40-55(44-57)51-25-11-4-12-26-51)71(60)74-47-75-67-46-59(35-37-68(67)78-69-32-18-31-65(74)72(69)75)77-58-34-36-63-62-27-13-14-30-64(62)76(66(63)45-58)70-33-15-16-38-73-70/h1-46H,47H2. The number of hydrogen-bond donors (Lipinski definition) is 0. The van der Waals surface area contributed by atoms with Gasteiger partial charge in [-0.15, -0.1) is 0 Å². The van der Waals surface area contributed by atoms with Crippen molar-refractivity contribution in [2.75, 3.05) is 16.5 Å². The number of anilines is 4. The number of nitrogens with zero attached hydrogens (tertiary/aromatic N) is 4. The van der Waals surface area contributed by atoms with Gasteiger partial charge in [0.05, 0.1) is 28.1 Å². The zero-order valence-electron chi connectivity index (χ0n) is 42.4. The molecule has 0 unspecified atom stereocenters. The third kappa shape index (κ3) is 7.85. The second-order valence-electron chi connectivity index (χ2n) is 19.9. The second-order valence-corrected chi connectivity index (χ2v) is 19.9. The van der Waals surface area contributed by atoms with Gasteiger partial charge in [-0.3, -0.25) is 4.57 Å². The lowest BCUT2D eigenvalue weighted by Gasteiger charge is -2.30. The smallest absolute Gasteiger partial charge is 0.153 e. The minimum absolute atomic E-state index is 0.514. The minimum atomic E-state index is 0.514. The average Bonchev–Trinajstić information content (AvgIpc) is 4.19. The molecule has 0 amide bonds. The molecule has 0 bridgehead atoms. The van der Waals surface area contributed by atoms with E-state index in [1.165, 1.54) is 0 Å². The summed E-state index contributed by atoms with van der Waals surface area (Å²) in [5.41, 5.74) is 19.9. The van der Waals surface area contributed by atoms with Gasteiger partial charge < -0.3 is 19.3 Å². The van der Waals surface area contributed by atoms with E-state index in [1.807, 2.05) is 36.5 Å². The van der Waals surface area contributed by atoms with E-state index in [4.69, 9.17) is 14.5 Å². The van der Waals surface area contributed by atoms with E-state index in [2.05, 4.69) is 257 Å². The predicted octanol–water partition coefficient (Wildman–Crippen LogP) is 19.3. The van der Waals surface area contributed by atoms with Gasteiger partial charge in [-0.1, -0.05) is 170 Å². The molecule has 0 N–H and O–H groups in total. The summed E-state index contributed by atoms with van der Waals surface area (Å²) < 4.78 is 15.9. The number of aromatic nitrogens is 2. The summed E-state index contributed by atoms with van der Waals surface area (Å²) in [5, 5.41) is 2.30. The molecule has 6 heteroatoms. The highest BCUT2D eigenvalue weighted by atomic mass is 16.5. The van der Waals surface area contributed by atoms with Crippen molar-refractivity contribution in [1.82, 2.24) is 9.55 Å². The lowest BCUT2D eigenvalue weighted by atomic mass is 9.88. The Kier molecular flexibility index (Phi) is 10.8. The van der Waals surface area contributed by atoms with Crippen LogP contribution in [0.15, 0.2) is 279 Å². The summed E-state index contributed by atoms with van der Waals surface area (Å²) in [6.07, 6.45) is 1.84. The van der Waals surface area contributed by atoms with E-state index in [-0.39, 0.29) is 0 Å². The van der Waals surface area contributed by atoms with E-state index >= 15 is 0 Å². The van der Waals surface area contributed by atoms with Crippen molar-refractivity contribution in [3.63, 3.8) is 0 Å². The van der Waals surface area contributed by atoms with Crippen LogP contribution in [0.5, 0.6) is 23.0 Å². The van der Waals surface area contributed by atoms with Gasteiger partial charge in [-0.05, 0) is 147 Å². The fraction of sp³-hybridized carbons (Fsp3) is 0.0139. The summed E-state index contributed by atoms with van der Waals surface area (Å²) in [5.74, 6) is 3.85. The largest absolute Gasteiger partial charge is 0.457 e. The maximum absolute atomic E-state index is 6.87. The van der Waals surface area contributed by atoms with Crippen LogP contribution in [0.4, 0.5) is 22.7 Å². The first-order valence-corrected chi connectivity index (χ1v) is 26.4. The Labute approximate surface area is 452 Å². The summed E-state index contributed by atoms with van der Waals surface area (Å²) in [6.45, 7) is 0.514. The lowest BCUT2D eigenvalue weighted by Crippen LogP contribution is -2.26. The Hall–Kier alpha value is -10.4. The van der Waals surface area contributed by atoms with Gasteiger partial charge in [0.25, 0.3) is 0 Å². The van der Waals surface area contributed by atoms with Gasteiger partial charge in [-0.2, -0.15) is 0 Å². The average molecular weight is 1000 g/mol. The Morgan fingerprint density at radius 1 is 0.333 bits per heavy atom. The van der Waals surface area contributed by atoms with Gasteiger partial charge in [0, 0.05) is 40.2 Å². The van der Waals surface area contributed by atoms with Gasteiger partial charge in [0.15, 0.2) is 11.5 Å². The first kappa shape index (κ1) is 45.0. The molecule has 13 aromatic rings. The molecular weight excluding hydrogens is 953 g/mol. The van der Waals surface area contributed by atoms with Gasteiger partial charge in [0.2, 0.25) is 0 Å². The number of rotatable bonds is 10. The lowest BCUT2D eigenvalue weighted by molar-refractivity contribution is 0.465. The fourth-order valence-corrected chi connectivity index (χ4v) is 11.7. The molecule has 0 saturated carbocycles. The topological polar surface area (TPSA) is 42.8 Å². The van der Waals surface area contributed by atoms with Crippen LogP contribution in [0.2, 0.25) is 0 Å². The Balaban J connectivity index is 0.899. The number of benzene rings is 11. The highest BCUT2D eigenvalue weighted by Gasteiger charge is 2.38. The summed E-state index contributed by atoms with van der Waals surface area (Å²) >= 11 is 0. The predicted molar refractivity (Wildman–Crippen MR) is 320 cm³/mol. The van der Waals surface area contributed by atoms with Crippen LogP contribution in [-0.4, -0.2) is 16.2 Å². The molecule has 4 heterocycles. The van der Waals surface area contributed by atoms with E-state index < -0.39 is 0 Å². The molecule has 6 nitrogen and oxygen atoms in total. The third-order valence-corrected chi connectivity index (χ3v) is 15.2. The molecule has 11 aromatic carbocycles. The Bertz CT molecular complexity index is 4150. The number of pyridine rings is 1. The van der Waals surface area contributed by atoms with Crippen molar-refractivity contribution in [2.45, 2.75) is 0 Å². The molecule has 2 aliphatic heterocycles. The Morgan fingerprint density at radius 3 is 1.42 bits per heavy atom. The van der Waals surface area contributed by atoms with Crippen LogP contribution >= 0.6 is 0 Å². The molecule has 0 aliphatic carbocycles. The molecule has 15 rings (SSSR count). The first-order valence-electron chi connectivity index (χ1n) is 26.4. The highest BCUT2D eigenvalue weighted by Crippen LogP contribution is 2.59. The number of hydrogen-bond acceptors (Lipinski definition) is 5. The quantitative estimate of drug-likeness (QED) is 0.137. The number of ether oxygens (including phenoxy) is 2. The van der Waals surface area contributed by atoms with Crippen molar-refractivity contribution < 1.29 is 9.47 Å². The van der Waals surface area contributed by atoms with E-state index in [0.29, 0.717) is 12.4 Å². The molecular formula is C72H48N4O2. The van der Waals surface area contributed by atoms with Crippen molar-refractivity contribution in [3.05, 3.63) is 279 Å². The summed E-state index contributed by atoms with van der Waals surface area (Å²) in [4.78, 5) is 9.65. The van der Waals surface area contributed by atoms with Crippen molar-refractivity contribution in [2.24, 2.45) is 0 Å². The molecule has 0 spiro atoms. The van der Waals surface area contributed by atoms with Crippen LogP contribution in [0.1, 0.15) is 0 Å². The van der Waals surface area contributed by atoms with Crippen molar-refractivity contribution in [1.29, 1.82) is 0 Å². The zero-order chi connectivity index (χ0) is 51.5. The molecule has 0 saturated heterocycles. The number of para-hydroxylation sites is 3. The normalized spacial score (nSPS) is 12.4. The molecule has 0 fully saturated rings. The maximum atomic E-state index is 6.87. The highest BCUT2D eigenvalue weighted by molar-refractivity contribution is 6.09. The van der Waals surface area contributed by atoms with Gasteiger partial charge in [-0.25, -0.2) is 4.98 Å². The fourth-order valence-electron chi connectivity index (χ4n) is 11.7. The molecule has 0 atom stereocenters. The molecule has 2 aromatic heterocycles. The molecule has 0 radical (unpaired) electrons. The van der Waals surface area contributed by atoms with E-state index in [0.717, 1.165) is 134 Å². The van der Waals surface area contributed by atoms with Crippen molar-refractivity contribution >= 4 is 44.6 Å². The second kappa shape index (κ2) is 18.7. The first-order chi connectivity index (χ1) is 38.6. The summed E-state index contributed by atoms with van der Waals surface area (Å²) in [7, 11) is 0.